The second kappa shape index (κ2) is 6.38. The molecule has 0 spiro atoms. The lowest BCUT2D eigenvalue weighted by atomic mass is 10.1. The molecule has 1 heterocycles. The lowest BCUT2D eigenvalue weighted by Crippen LogP contribution is -2.12. The molecule has 20 heavy (non-hydrogen) atoms. The van der Waals surface area contributed by atoms with Gasteiger partial charge in [0, 0.05) is 17.3 Å². The van der Waals surface area contributed by atoms with Crippen molar-refractivity contribution in [1.29, 1.82) is 0 Å². The Morgan fingerprint density at radius 2 is 2.20 bits per heavy atom. The summed E-state index contributed by atoms with van der Waals surface area (Å²) < 4.78 is 6.07. The fourth-order valence-electron chi connectivity index (χ4n) is 1.66. The summed E-state index contributed by atoms with van der Waals surface area (Å²) in [6, 6.07) is 8.44. The molecule has 0 fully saturated rings. The Morgan fingerprint density at radius 3 is 2.85 bits per heavy atom. The van der Waals surface area contributed by atoms with Crippen molar-refractivity contribution in [3.63, 3.8) is 0 Å². The summed E-state index contributed by atoms with van der Waals surface area (Å²) in [4.78, 5) is 16.2. The van der Waals surface area contributed by atoms with Crippen LogP contribution < -0.4 is 15.8 Å². The fourth-order valence-corrected chi connectivity index (χ4v) is 1.89. The summed E-state index contributed by atoms with van der Waals surface area (Å²) in [6.45, 7) is 2.39. The van der Waals surface area contributed by atoms with E-state index < -0.39 is 0 Å². The summed E-state index contributed by atoms with van der Waals surface area (Å²) in [5.74, 6) is 0.314. The van der Waals surface area contributed by atoms with Gasteiger partial charge in [-0.05, 0) is 47.1 Å². The molecule has 0 bridgehead atoms. The highest BCUT2D eigenvalue weighted by atomic mass is 79.9. The number of aromatic nitrogens is 1. The van der Waals surface area contributed by atoms with Gasteiger partial charge in [-0.3, -0.25) is 4.79 Å². The van der Waals surface area contributed by atoms with Crippen LogP contribution in [0.3, 0.4) is 0 Å². The normalized spacial score (nSPS) is 10.1. The first-order valence-corrected chi connectivity index (χ1v) is 6.84. The van der Waals surface area contributed by atoms with Crippen molar-refractivity contribution in [3.05, 3.63) is 46.7 Å². The van der Waals surface area contributed by atoms with E-state index in [2.05, 4.69) is 26.2 Å². The molecule has 2 rings (SSSR count). The number of anilines is 2. The smallest absolute Gasteiger partial charge is 0.255 e. The zero-order valence-corrected chi connectivity index (χ0v) is 12.5. The molecule has 1 aromatic carbocycles. The maximum atomic E-state index is 12.1. The molecule has 0 atom stereocenters. The van der Waals surface area contributed by atoms with Gasteiger partial charge in [-0.25, -0.2) is 4.98 Å². The van der Waals surface area contributed by atoms with Gasteiger partial charge in [-0.2, -0.15) is 0 Å². The van der Waals surface area contributed by atoms with Crippen LogP contribution in [0.15, 0.2) is 41.1 Å². The highest BCUT2D eigenvalue weighted by Gasteiger charge is 2.09. The van der Waals surface area contributed by atoms with Gasteiger partial charge in [0.25, 0.3) is 5.91 Å². The van der Waals surface area contributed by atoms with Crippen LogP contribution >= 0.6 is 15.9 Å². The Hall–Kier alpha value is -2.08. The van der Waals surface area contributed by atoms with E-state index in [1.54, 1.807) is 36.5 Å². The monoisotopic (exact) mass is 335 g/mol. The Morgan fingerprint density at radius 1 is 1.40 bits per heavy atom. The molecule has 5 nitrogen and oxygen atoms in total. The molecule has 1 aromatic heterocycles. The largest absolute Gasteiger partial charge is 0.494 e. The Labute approximate surface area is 125 Å². The lowest BCUT2D eigenvalue weighted by molar-refractivity contribution is 0.102. The maximum absolute atomic E-state index is 12.1. The molecular formula is C14H14BrN3O2. The molecule has 3 N–H and O–H groups in total. The third-order valence-corrected chi connectivity index (χ3v) is 2.96. The number of nitrogens with two attached hydrogens (primary N) is 1. The summed E-state index contributed by atoms with van der Waals surface area (Å²) in [5, 5.41) is 2.75. The number of nitrogens with zero attached hydrogens (tertiary/aromatic N) is 1. The van der Waals surface area contributed by atoms with Crippen molar-refractivity contribution in [3.8, 4) is 5.75 Å². The number of pyridine rings is 1. The molecular weight excluding hydrogens is 322 g/mol. The van der Waals surface area contributed by atoms with Gasteiger partial charge in [-0.15, -0.1) is 0 Å². The quantitative estimate of drug-likeness (QED) is 0.664. The van der Waals surface area contributed by atoms with Crippen LogP contribution in [0, 0.1) is 0 Å². The highest BCUT2D eigenvalue weighted by molar-refractivity contribution is 9.10. The summed E-state index contributed by atoms with van der Waals surface area (Å²) in [5.41, 5.74) is 7.29. The van der Waals surface area contributed by atoms with Crippen LogP contribution in [0.25, 0.3) is 0 Å². The fraction of sp³-hybridized carbons (Fsp3) is 0.143. The van der Waals surface area contributed by atoms with E-state index in [0.717, 1.165) is 0 Å². The number of nitrogens with one attached hydrogen (secondary N) is 1. The average Bonchev–Trinajstić information content (AvgIpc) is 2.41. The van der Waals surface area contributed by atoms with Crippen molar-refractivity contribution < 1.29 is 9.53 Å². The minimum Gasteiger partial charge on any atom is -0.494 e. The van der Waals surface area contributed by atoms with Gasteiger partial charge in [-0.1, -0.05) is 0 Å². The van der Waals surface area contributed by atoms with Crippen molar-refractivity contribution in [2.75, 3.05) is 17.7 Å². The van der Waals surface area contributed by atoms with Gasteiger partial charge in [0.1, 0.15) is 10.4 Å². The van der Waals surface area contributed by atoms with Gasteiger partial charge < -0.3 is 15.8 Å². The molecule has 0 unspecified atom stereocenters. The molecule has 1 amide bonds. The van der Waals surface area contributed by atoms with E-state index in [1.165, 1.54) is 0 Å². The first-order chi connectivity index (χ1) is 9.58. The zero-order valence-electron chi connectivity index (χ0n) is 10.9. The average molecular weight is 336 g/mol. The minimum absolute atomic E-state index is 0.262. The molecule has 0 aliphatic carbocycles. The van der Waals surface area contributed by atoms with Crippen LogP contribution in [-0.2, 0) is 0 Å². The molecule has 0 aliphatic heterocycles. The third-order valence-electron chi connectivity index (χ3n) is 2.49. The van der Waals surface area contributed by atoms with Gasteiger partial charge in [0.15, 0.2) is 0 Å². The van der Waals surface area contributed by atoms with E-state index in [9.17, 15) is 4.79 Å². The number of carbonyl (C=O) groups excluding carboxylic acids is 1. The Bertz CT molecular complexity index is 614. The summed E-state index contributed by atoms with van der Waals surface area (Å²) in [6.07, 6.45) is 1.57. The van der Waals surface area contributed by atoms with Crippen LogP contribution in [-0.4, -0.2) is 17.5 Å². The second-order valence-electron chi connectivity index (χ2n) is 4.05. The van der Waals surface area contributed by atoms with Crippen LogP contribution in [0.4, 0.5) is 11.4 Å². The lowest BCUT2D eigenvalue weighted by Gasteiger charge is -2.09. The number of ether oxygens (including phenoxy) is 1. The molecule has 0 saturated carbocycles. The number of rotatable bonds is 4. The van der Waals surface area contributed by atoms with Gasteiger partial charge in [0.05, 0.1) is 18.5 Å². The van der Waals surface area contributed by atoms with Crippen LogP contribution in [0.1, 0.15) is 17.3 Å². The van der Waals surface area contributed by atoms with E-state index in [-0.39, 0.29) is 5.91 Å². The van der Waals surface area contributed by atoms with E-state index in [4.69, 9.17) is 10.5 Å². The van der Waals surface area contributed by atoms with E-state index in [0.29, 0.717) is 33.9 Å². The van der Waals surface area contributed by atoms with Crippen molar-refractivity contribution >= 4 is 33.2 Å². The number of benzene rings is 1. The maximum Gasteiger partial charge on any atom is 0.255 e. The number of nitrogen functional groups attached to an aromatic ring is 1. The SMILES string of the molecule is CCOc1cc(N)cc(C(=O)Nc2ccc(Br)nc2)c1. The van der Waals surface area contributed by atoms with E-state index >= 15 is 0 Å². The predicted octanol–water partition coefficient (Wildman–Crippen LogP) is 3.08. The van der Waals surface area contributed by atoms with E-state index in [1.807, 2.05) is 6.92 Å². The predicted molar refractivity (Wildman–Crippen MR) is 81.9 cm³/mol. The third kappa shape index (κ3) is 3.71. The van der Waals surface area contributed by atoms with Crippen molar-refractivity contribution in [1.82, 2.24) is 4.98 Å². The number of hydrogen-bond donors (Lipinski definition) is 2. The second-order valence-corrected chi connectivity index (χ2v) is 4.86. The number of hydrogen-bond acceptors (Lipinski definition) is 4. The number of carbonyl (C=O) groups is 1. The molecule has 0 saturated heterocycles. The van der Waals surface area contributed by atoms with Crippen molar-refractivity contribution in [2.45, 2.75) is 6.92 Å². The Balaban J connectivity index is 2.18. The van der Waals surface area contributed by atoms with Crippen LogP contribution in [0.2, 0.25) is 0 Å². The molecule has 104 valence electrons. The highest BCUT2D eigenvalue weighted by Crippen LogP contribution is 2.20. The number of halogens is 1. The first-order valence-electron chi connectivity index (χ1n) is 6.04. The van der Waals surface area contributed by atoms with Crippen LogP contribution in [0.5, 0.6) is 5.75 Å². The molecule has 0 radical (unpaired) electrons. The number of amides is 1. The van der Waals surface area contributed by atoms with Gasteiger partial charge >= 0.3 is 0 Å². The topological polar surface area (TPSA) is 77.2 Å². The van der Waals surface area contributed by atoms with Crippen molar-refractivity contribution in [2.24, 2.45) is 0 Å². The molecule has 2 aromatic rings. The Kier molecular flexibility index (Phi) is 4.57. The first kappa shape index (κ1) is 14.3. The summed E-state index contributed by atoms with van der Waals surface area (Å²) >= 11 is 3.24. The molecule has 6 heteroatoms. The standard InChI is InChI=1S/C14H14BrN3O2/c1-2-20-12-6-9(5-10(16)7-12)14(19)18-11-3-4-13(15)17-8-11/h3-8H,2,16H2,1H3,(H,18,19). The summed E-state index contributed by atoms with van der Waals surface area (Å²) in [7, 11) is 0. The molecule has 0 aliphatic rings. The van der Waals surface area contributed by atoms with Gasteiger partial charge in [0.2, 0.25) is 0 Å². The minimum atomic E-state index is -0.262. The zero-order chi connectivity index (χ0) is 14.5.